The molecule has 9 heteroatoms. The Labute approximate surface area is 230 Å². The van der Waals surface area contributed by atoms with Crippen LogP contribution in [-0.2, 0) is 22.9 Å². The molecule has 0 aromatic heterocycles. The molecule has 206 valence electrons. The van der Waals surface area contributed by atoms with Gasteiger partial charge in [0, 0.05) is 17.9 Å². The zero-order valence-corrected chi connectivity index (χ0v) is 23.0. The number of nitrogens with zero attached hydrogens (tertiary/aromatic N) is 1. The Balaban J connectivity index is 1.59. The first-order valence-electron chi connectivity index (χ1n) is 12.5. The van der Waals surface area contributed by atoms with Crippen LogP contribution in [0, 0.1) is 0 Å². The van der Waals surface area contributed by atoms with Gasteiger partial charge >= 0.3 is 6.18 Å². The van der Waals surface area contributed by atoms with Gasteiger partial charge in [-0.3, -0.25) is 9.59 Å². The first-order valence-corrected chi connectivity index (χ1v) is 13.6. The van der Waals surface area contributed by atoms with Crippen LogP contribution >= 0.6 is 11.8 Å². The van der Waals surface area contributed by atoms with Gasteiger partial charge in [0.05, 0.1) is 12.7 Å². The standard InChI is InChI=1S/C30H31F3N2O3S/c1-29(2,3)22-12-8-21(9-13-22)28-35(27(37)20-10-14-24(38-4)15-11-20)25(18-39-28)26(36)34-17-19-6-5-7-23(16-19)30(31,32)33/h5-16,25,28H,17-18H2,1-4H3,(H,34,36). The van der Waals surface area contributed by atoms with Crippen molar-refractivity contribution in [3.63, 3.8) is 0 Å². The largest absolute Gasteiger partial charge is 0.497 e. The highest BCUT2D eigenvalue weighted by molar-refractivity contribution is 7.99. The van der Waals surface area contributed by atoms with E-state index in [-0.39, 0.29) is 17.9 Å². The number of methoxy groups -OCH3 is 1. The average Bonchev–Trinajstić information content (AvgIpc) is 3.36. The number of alkyl halides is 3. The predicted molar refractivity (Wildman–Crippen MR) is 147 cm³/mol. The van der Waals surface area contributed by atoms with Gasteiger partial charge in [-0.15, -0.1) is 11.8 Å². The van der Waals surface area contributed by atoms with Gasteiger partial charge in [0.2, 0.25) is 5.91 Å². The SMILES string of the molecule is COc1ccc(C(=O)N2C(C(=O)NCc3cccc(C(F)(F)F)c3)CSC2c2ccc(C(C)(C)C)cc2)cc1. The van der Waals surface area contributed by atoms with Crippen molar-refractivity contribution in [2.24, 2.45) is 0 Å². The van der Waals surface area contributed by atoms with Crippen molar-refractivity contribution in [1.29, 1.82) is 0 Å². The van der Waals surface area contributed by atoms with E-state index in [0.717, 1.165) is 23.3 Å². The minimum absolute atomic E-state index is 0.0359. The molecule has 1 saturated heterocycles. The first kappa shape index (κ1) is 28.5. The molecule has 1 heterocycles. The molecule has 2 amide bonds. The van der Waals surface area contributed by atoms with Crippen molar-refractivity contribution in [2.45, 2.75) is 50.3 Å². The van der Waals surface area contributed by atoms with Crippen molar-refractivity contribution < 1.29 is 27.5 Å². The molecule has 1 N–H and O–H groups in total. The lowest BCUT2D eigenvalue weighted by molar-refractivity contribution is -0.137. The van der Waals surface area contributed by atoms with Crippen LogP contribution in [0.2, 0.25) is 0 Å². The monoisotopic (exact) mass is 556 g/mol. The maximum atomic E-state index is 13.8. The minimum atomic E-state index is -4.47. The molecule has 0 aliphatic carbocycles. The van der Waals surface area contributed by atoms with Crippen LogP contribution in [0.3, 0.4) is 0 Å². The fourth-order valence-corrected chi connectivity index (χ4v) is 5.84. The number of hydrogen-bond acceptors (Lipinski definition) is 4. The summed E-state index contributed by atoms with van der Waals surface area (Å²) in [6.07, 6.45) is -4.47. The second-order valence-electron chi connectivity index (χ2n) is 10.4. The Bertz CT molecular complexity index is 1320. The molecule has 3 aromatic rings. The smallest absolute Gasteiger partial charge is 0.416 e. The molecule has 5 nitrogen and oxygen atoms in total. The highest BCUT2D eigenvalue weighted by atomic mass is 32.2. The van der Waals surface area contributed by atoms with Crippen LogP contribution in [0.15, 0.2) is 72.8 Å². The third-order valence-corrected chi connectivity index (χ3v) is 7.98. The van der Waals surface area contributed by atoms with E-state index in [9.17, 15) is 22.8 Å². The Morgan fingerprint density at radius 3 is 2.23 bits per heavy atom. The highest BCUT2D eigenvalue weighted by Gasteiger charge is 2.42. The lowest BCUT2D eigenvalue weighted by atomic mass is 9.86. The Morgan fingerprint density at radius 2 is 1.64 bits per heavy atom. The number of carbonyl (C=O) groups excluding carboxylic acids is 2. The van der Waals surface area contributed by atoms with Gasteiger partial charge < -0.3 is 15.0 Å². The third-order valence-electron chi connectivity index (χ3n) is 6.66. The topological polar surface area (TPSA) is 58.6 Å². The van der Waals surface area contributed by atoms with Gasteiger partial charge in [-0.1, -0.05) is 57.2 Å². The van der Waals surface area contributed by atoms with Crippen molar-refractivity contribution in [3.05, 3.63) is 101 Å². The van der Waals surface area contributed by atoms with Crippen molar-refractivity contribution in [3.8, 4) is 5.75 Å². The van der Waals surface area contributed by atoms with Crippen LogP contribution in [0.1, 0.15) is 58.8 Å². The molecule has 39 heavy (non-hydrogen) atoms. The molecule has 0 saturated carbocycles. The van der Waals surface area contributed by atoms with Gasteiger partial charge in [-0.2, -0.15) is 13.2 Å². The summed E-state index contributed by atoms with van der Waals surface area (Å²) in [4.78, 5) is 28.7. The summed E-state index contributed by atoms with van der Waals surface area (Å²) in [5.74, 6) is 0.219. The fraction of sp³-hybridized carbons (Fsp3) is 0.333. The number of amides is 2. The lowest BCUT2D eigenvalue weighted by Gasteiger charge is -2.30. The zero-order chi connectivity index (χ0) is 28.4. The van der Waals surface area contributed by atoms with Gasteiger partial charge in [0.15, 0.2) is 0 Å². The molecule has 4 rings (SSSR count). The highest BCUT2D eigenvalue weighted by Crippen LogP contribution is 2.43. The van der Waals surface area contributed by atoms with Crippen molar-refractivity contribution in [2.75, 3.05) is 12.9 Å². The number of hydrogen-bond donors (Lipinski definition) is 1. The normalized spacial score (nSPS) is 17.7. The van der Waals surface area contributed by atoms with Gasteiger partial charge in [-0.05, 0) is 58.5 Å². The average molecular weight is 557 g/mol. The van der Waals surface area contributed by atoms with Crippen LogP contribution in [0.25, 0.3) is 0 Å². The van der Waals surface area contributed by atoms with E-state index in [1.165, 1.54) is 31.0 Å². The van der Waals surface area contributed by atoms with Gasteiger partial charge in [0.1, 0.15) is 17.2 Å². The quantitative estimate of drug-likeness (QED) is 0.373. The maximum Gasteiger partial charge on any atom is 0.416 e. The Morgan fingerprint density at radius 1 is 0.974 bits per heavy atom. The van der Waals surface area contributed by atoms with E-state index in [2.05, 4.69) is 26.1 Å². The van der Waals surface area contributed by atoms with E-state index in [4.69, 9.17) is 4.74 Å². The summed E-state index contributed by atoms with van der Waals surface area (Å²) >= 11 is 1.48. The van der Waals surface area contributed by atoms with Crippen LogP contribution in [0.4, 0.5) is 13.2 Å². The maximum absolute atomic E-state index is 13.8. The van der Waals surface area contributed by atoms with E-state index < -0.39 is 29.1 Å². The van der Waals surface area contributed by atoms with Crippen LogP contribution in [-0.4, -0.2) is 35.6 Å². The number of carbonyl (C=O) groups is 2. The summed E-state index contributed by atoms with van der Waals surface area (Å²) < 4.78 is 44.5. The lowest BCUT2D eigenvalue weighted by Crippen LogP contribution is -2.47. The fourth-order valence-electron chi connectivity index (χ4n) is 4.41. The molecule has 2 atom stereocenters. The minimum Gasteiger partial charge on any atom is -0.497 e. The molecule has 0 bridgehead atoms. The van der Waals surface area contributed by atoms with E-state index >= 15 is 0 Å². The molecule has 2 unspecified atom stereocenters. The summed E-state index contributed by atoms with van der Waals surface area (Å²) in [6, 6.07) is 18.8. The summed E-state index contributed by atoms with van der Waals surface area (Å²) in [7, 11) is 1.54. The van der Waals surface area contributed by atoms with Crippen molar-refractivity contribution >= 4 is 23.6 Å². The van der Waals surface area contributed by atoms with E-state index in [1.807, 2.05) is 24.3 Å². The molecular formula is C30H31F3N2O3S. The van der Waals surface area contributed by atoms with Crippen molar-refractivity contribution in [1.82, 2.24) is 10.2 Å². The molecule has 1 fully saturated rings. The molecule has 3 aromatic carbocycles. The van der Waals surface area contributed by atoms with Gasteiger partial charge in [0.25, 0.3) is 5.91 Å². The number of ether oxygens (including phenoxy) is 1. The Hall–Kier alpha value is -3.46. The van der Waals surface area contributed by atoms with Crippen LogP contribution < -0.4 is 10.1 Å². The zero-order valence-electron chi connectivity index (χ0n) is 22.2. The predicted octanol–water partition coefficient (Wildman–Crippen LogP) is 6.58. The summed E-state index contributed by atoms with van der Waals surface area (Å²) in [5.41, 5.74) is 1.96. The van der Waals surface area contributed by atoms with E-state index in [0.29, 0.717) is 22.6 Å². The molecular weight excluding hydrogens is 525 g/mol. The molecule has 0 spiro atoms. The number of nitrogens with one attached hydrogen (secondary N) is 1. The number of thioether (sulfide) groups is 1. The second kappa shape index (κ2) is 11.3. The van der Waals surface area contributed by atoms with Gasteiger partial charge in [-0.25, -0.2) is 0 Å². The summed E-state index contributed by atoms with van der Waals surface area (Å²) in [6.45, 7) is 6.28. The summed E-state index contributed by atoms with van der Waals surface area (Å²) in [5, 5.41) is 2.34. The Kier molecular flexibility index (Phi) is 8.30. The molecule has 0 radical (unpaired) electrons. The molecule has 1 aliphatic rings. The number of rotatable bonds is 6. The number of halogens is 3. The second-order valence-corrected chi connectivity index (χ2v) is 11.5. The molecule has 1 aliphatic heterocycles. The number of benzene rings is 3. The third kappa shape index (κ3) is 6.58. The van der Waals surface area contributed by atoms with E-state index in [1.54, 1.807) is 29.2 Å². The first-order chi connectivity index (χ1) is 18.4. The van der Waals surface area contributed by atoms with Crippen LogP contribution in [0.5, 0.6) is 5.75 Å².